The molecule has 1 amide bonds. The van der Waals surface area contributed by atoms with Gasteiger partial charge in [-0.1, -0.05) is 12.1 Å². The first kappa shape index (κ1) is 20.2. The summed E-state index contributed by atoms with van der Waals surface area (Å²) in [6.45, 7) is 1.30. The SMILES string of the molecule is O=C(c1ccc(C(F)(F)F)cc1)c1ccc2c(c1)C1(OCCCO1)C(=O)N2CC1CC1. The Bertz CT molecular complexity index is 1040. The zero-order chi connectivity index (χ0) is 21.8. The molecule has 1 saturated heterocycles. The maximum absolute atomic E-state index is 13.3. The normalized spacial score (nSPS) is 20.2. The zero-order valence-corrected chi connectivity index (χ0v) is 16.6. The van der Waals surface area contributed by atoms with Crippen molar-refractivity contribution in [2.75, 3.05) is 24.7 Å². The molecule has 0 N–H and O–H groups in total. The number of ketones is 1. The second kappa shape index (κ2) is 7.17. The molecule has 162 valence electrons. The van der Waals surface area contributed by atoms with Crippen LogP contribution in [0.1, 0.15) is 46.3 Å². The lowest BCUT2D eigenvalue weighted by Crippen LogP contribution is -2.47. The minimum absolute atomic E-state index is 0.131. The van der Waals surface area contributed by atoms with Gasteiger partial charge in [0.1, 0.15) is 0 Å². The number of anilines is 1. The topological polar surface area (TPSA) is 55.8 Å². The molecule has 1 aliphatic carbocycles. The predicted octanol–water partition coefficient (Wildman–Crippen LogP) is 4.28. The van der Waals surface area contributed by atoms with Crippen LogP contribution in [0.2, 0.25) is 0 Å². The van der Waals surface area contributed by atoms with Crippen molar-refractivity contribution in [3.63, 3.8) is 0 Å². The lowest BCUT2D eigenvalue weighted by atomic mass is 9.97. The first-order valence-electron chi connectivity index (χ1n) is 10.3. The molecule has 31 heavy (non-hydrogen) atoms. The highest BCUT2D eigenvalue weighted by atomic mass is 19.4. The van der Waals surface area contributed by atoms with Gasteiger partial charge in [-0.3, -0.25) is 9.59 Å². The predicted molar refractivity (Wildman–Crippen MR) is 105 cm³/mol. The second-order valence-corrected chi connectivity index (χ2v) is 8.16. The maximum atomic E-state index is 13.3. The summed E-state index contributed by atoms with van der Waals surface area (Å²) in [5, 5.41) is 0. The van der Waals surface area contributed by atoms with Crippen LogP contribution >= 0.6 is 0 Å². The number of rotatable bonds is 4. The molecule has 1 saturated carbocycles. The van der Waals surface area contributed by atoms with E-state index >= 15 is 0 Å². The van der Waals surface area contributed by atoms with Gasteiger partial charge in [-0.15, -0.1) is 0 Å². The summed E-state index contributed by atoms with van der Waals surface area (Å²) < 4.78 is 50.1. The highest BCUT2D eigenvalue weighted by Gasteiger charge is 2.55. The second-order valence-electron chi connectivity index (χ2n) is 8.16. The quantitative estimate of drug-likeness (QED) is 0.678. The van der Waals surface area contributed by atoms with E-state index in [0.717, 1.165) is 37.1 Å². The van der Waals surface area contributed by atoms with Crippen LogP contribution in [-0.2, 0) is 26.2 Å². The summed E-state index contributed by atoms with van der Waals surface area (Å²) in [6.07, 6.45) is -1.67. The van der Waals surface area contributed by atoms with Crippen molar-refractivity contribution in [3.05, 3.63) is 64.7 Å². The van der Waals surface area contributed by atoms with E-state index in [1.165, 1.54) is 0 Å². The fourth-order valence-corrected chi connectivity index (χ4v) is 4.11. The summed E-state index contributed by atoms with van der Waals surface area (Å²) in [4.78, 5) is 27.9. The summed E-state index contributed by atoms with van der Waals surface area (Å²) in [5.41, 5.74) is 0.712. The summed E-state index contributed by atoms with van der Waals surface area (Å²) in [5.74, 6) is -1.83. The van der Waals surface area contributed by atoms with E-state index in [0.29, 0.717) is 43.3 Å². The van der Waals surface area contributed by atoms with Crippen molar-refractivity contribution < 1.29 is 32.2 Å². The number of nitrogens with zero attached hydrogens (tertiary/aromatic N) is 1. The third kappa shape index (κ3) is 3.43. The highest BCUT2D eigenvalue weighted by Crippen LogP contribution is 2.47. The van der Waals surface area contributed by atoms with Crippen LogP contribution in [0.25, 0.3) is 0 Å². The van der Waals surface area contributed by atoms with E-state index in [4.69, 9.17) is 9.47 Å². The van der Waals surface area contributed by atoms with Gasteiger partial charge in [0, 0.05) is 23.2 Å². The zero-order valence-electron chi connectivity index (χ0n) is 16.6. The molecule has 2 aromatic carbocycles. The van der Waals surface area contributed by atoms with Crippen LogP contribution in [-0.4, -0.2) is 31.4 Å². The lowest BCUT2D eigenvalue weighted by molar-refractivity contribution is -0.256. The largest absolute Gasteiger partial charge is 0.416 e. The maximum Gasteiger partial charge on any atom is 0.416 e. The number of carbonyl (C=O) groups is 2. The number of amides is 1. The molecule has 1 spiro atoms. The molecule has 2 aliphatic heterocycles. The van der Waals surface area contributed by atoms with Gasteiger partial charge in [-0.05, 0) is 55.5 Å². The van der Waals surface area contributed by atoms with Crippen LogP contribution in [0.3, 0.4) is 0 Å². The molecule has 3 aliphatic rings. The molecule has 5 nitrogen and oxygen atoms in total. The number of hydrogen-bond donors (Lipinski definition) is 0. The van der Waals surface area contributed by atoms with Crippen molar-refractivity contribution in [3.8, 4) is 0 Å². The number of hydrogen-bond acceptors (Lipinski definition) is 4. The number of alkyl halides is 3. The Morgan fingerprint density at radius 3 is 2.29 bits per heavy atom. The fourth-order valence-electron chi connectivity index (χ4n) is 4.11. The third-order valence-electron chi connectivity index (χ3n) is 5.94. The van der Waals surface area contributed by atoms with Gasteiger partial charge in [-0.25, -0.2) is 0 Å². The number of ether oxygens (including phenoxy) is 2. The molecule has 0 radical (unpaired) electrons. The Hall–Kier alpha value is -2.71. The third-order valence-corrected chi connectivity index (χ3v) is 5.94. The molecule has 5 rings (SSSR count). The van der Waals surface area contributed by atoms with E-state index in [1.54, 1.807) is 23.1 Å². The first-order valence-corrected chi connectivity index (χ1v) is 10.3. The average molecular weight is 431 g/mol. The van der Waals surface area contributed by atoms with E-state index in [9.17, 15) is 22.8 Å². The molecule has 0 bridgehead atoms. The highest BCUT2D eigenvalue weighted by molar-refractivity contribution is 6.11. The molecule has 2 fully saturated rings. The Morgan fingerprint density at radius 2 is 1.68 bits per heavy atom. The van der Waals surface area contributed by atoms with Gasteiger partial charge in [-0.2, -0.15) is 13.2 Å². The molecule has 0 unspecified atom stereocenters. The van der Waals surface area contributed by atoms with Gasteiger partial charge >= 0.3 is 6.18 Å². The molecule has 2 aromatic rings. The Balaban J connectivity index is 1.51. The molecule has 0 aromatic heterocycles. The summed E-state index contributed by atoms with van der Waals surface area (Å²) in [6, 6.07) is 8.95. The lowest BCUT2D eigenvalue weighted by Gasteiger charge is -2.32. The van der Waals surface area contributed by atoms with Crippen molar-refractivity contribution >= 4 is 17.4 Å². The summed E-state index contributed by atoms with van der Waals surface area (Å²) >= 11 is 0. The van der Waals surface area contributed by atoms with Gasteiger partial charge in [0.25, 0.3) is 11.7 Å². The monoisotopic (exact) mass is 431 g/mol. The van der Waals surface area contributed by atoms with Crippen LogP contribution in [0.4, 0.5) is 18.9 Å². The average Bonchev–Trinajstić information content (AvgIpc) is 3.57. The minimum Gasteiger partial charge on any atom is -0.338 e. The number of benzene rings is 2. The van der Waals surface area contributed by atoms with Gasteiger partial charge in [0.15, 0.2) is 5.78 Å². The molecular weight excluding hydrogens is 411 g/mol. The Morgan fingerprint density at radius 1 is 1.03 bits per heavy atom. The molecular formula is C23H20F3NO4. The summed E-state index contributed by atoms with van der Waals surface area (Å²) in [7, 11) is 0. The van der Waals surface area contributed by atoms with Crippen LogP contribution in [0.15, 0.2) is 42.5 Å². The van der Waals surface area contributed by atoms with Gasteiger partial charge in [0.05, 0.1) is 24.5 Å². The standard InChI is InChI=1S/C23H20F3NO4/c24-23(25,26)17-7-4-15(5-8-17)20(28)16-6-9-19-18(12-16)22(30-10-1-11-31-22)21(29)27(19)13-14-2-3-14/h4-9,12,14H,1-3,10-11,13H2. The van der Waals surface area contributed by atoms with Crippen molar-refractivity contribution in [2.45, 2.75) is 31.2 Å². The van der Waals surface area contributed by atoms with E-state index < -0.39 is 23.3 Å². The molecule has 8 heteroatoms. The van der Waals surface area contributed by atoms with Gasteiger partial charge < -0.3 is 14.4 Å². The van der Waals surface area contributed by atoms with Crippen molar-refractivity contribution in [1.82, 2.24) is 0 Å². The van der Waals surface area contributed by atoms with Crippen LogP contribution in [0, 0.1) is 5.92 Å². The Kier molecular flexibility index (Phi) is 4.67. The van der Waals surface area contributed by atoms with E-state index in [2.05, 4.69) is 0 Å². The number of fused-ring (bicyclic) bond motifs is 2. The number of carbonyl (C=O) groups excluding carboxylic acids is 2. The van der Waals surface area contributed by atoms with E-state index in [1.807, 2.05) is 0 Å². The fraction of sp³-hybridized carbons (Fsp3) is 0.391. The smallest absolute Gasteiger partial charge is 0.338 e. The van der Waals surface area contributed by atoms with Crippen molar-refractivity contribution in [1.29, 1.82) is 0 Å². The van der Waals surface area contributed by atoms with Crippen LogP contribution in [0.5, 0.6) is 0 Å². The molecule has 2 heterocycles. The Labute approximate surface area is 176 Å². The number of halogens is 3. The van der Waals surface area contributed by atoms with Gasteiger partial charge in [0.2, 0.25) is 0 Å². The van der Waals surface area contributed by atoms with Crippen molar-refractivity contribution in [2.24, 2.45) is 5.92 Å². The van der Waals surface area contributed by atoms with E-state index in [-0.39, 0.29) is 17.0 Å². The molecule has 0 atom stereocenters. The minimum atomic E-state index is -4.47. The van der Waals surface area contributed by atoms with Crippen LogP contribution < -0.4 is 4.90 Å². The first-order chi connectivity index (χ1) is 14.8.